The fourth-order valence-electron chi connectivity index (χ4n) is 3.75. The summed E-state index contributed by atoms with van der Waals surface area (Å²) in [5, 5.41) is 3.80. The average molecular weight is 446 g/mol. The Morgan fingerprint density at radius 3 is 2.09 bits per heavy atom. The van der Waals surface area contributed by atoms with Gasteiger partial charge in [-0.1, -0.05) is 41.4 Å². The van der Waals surface area contributed by atoms with E-state index in [2.05, 4.69) is 5.32 Å². The summed E-state index contributed by atoms with van der Waals surface area (Å²) in [6.45, 7) is 3.98. The first-order valence-electron chi connectivity index (χ1n) is 10.3. The number of benzene rings is 3. The monoisotopic (exact) mass is 445 g/mol. The van der Waals surface area contributed by atoms with E-state index in [4.69, 9.17) is 11.6 Å². The van der Waals surface area contributed by atoms with E-state index in [0.29, 0.717) is 21.8 Å². The molecule has 1 aliphatic heterocycles. The number of anilines is 3. The van der Waals surface area contributed by atoms with E-state index >= 15 is 0 Å². The summed E-state index contributed by atoms with van der Waals surface area (Å²) < 4.78 is 0. The van der Waals surface area contributed by atoms with Crippen LogP contribution in [0.2, 0.25) is 5.02 Å². The van der Waals surface area contributed by atoms with Gasteiger partial charge in [-0.25, -0.2) is 4.90 Å². The second kappa shape index (κ2) is 8.52. The maximum absolute atomic E-state index is 13.5. The summed E-state index contributed by atoms with van der Waals surface area (Å²) in [6, 6.07) is 20.2. The lowest BCUT2D eigenvalue weighted by atomic mass is 10.0. The number of nitrogens with zero attached hydrogens (tertiary/aromatic N) is 2. The van der Waals surface area contributed by atoms with Gasteiger partial charge in [0.05, 0.1) is 11.3 Å². The Morgan fingerprint density at radius 2 is 1.50 bits per heavy atom. The lowest BCUT2D eigenvalue weighted by Crippen LogP contribution is -2.32. The van der Waals surface area contributed by atoms with Gasteiger partial charge in [0.15, 0.2) is 0 Å². The second-order valence-corrected chi connectivity index (χ2v) is 8.49. The van der Waals surface area contributed by atoms with Crippen molar-refractivity contribution in [2.24, 2.45) is 0 Å². The zero-order valence-corrected chi connectivity index (χ0v) is 19.2. The highest BCUT2D eigenvalue weighted by Gasteiger charge is 2.40. The van der Waals surface area contributed by atoms with Crippen molar-refractivity contribution in [1.82, 2.24) is 0 Å². The molecule has 0 radical (unpaired) electrons. The van der Waals surface area contributed by atoms with Crippen LogP contribution < -0.4 is 15.1 Å². The maximum Gasteiger partial charge on any atom is 0.282 e. The second-order valence-electron chi connectivity index (χ2n) is 8.06. The van der Waals surface area contributed by atoms with Gasteiger partial charge in [-0.15, -0.1) is 0 Å². The fourth-order valence-corrected chi connectivity index (χ4v) is 3.88. The Kier molecular flexibility index (Phi) is 5.76. The number of rotatable bonds is 5. The van der Waals surface area contributed by atoms with Crippen molar-refractivity contribution in [1.29, 1.82) is 0 Å². The molecule has 1 aliphatic rings. The van der Waals surface area contributed by atoms with Gasteiger partial charge in [-0.3, -0.25) is 9.59 Å². The molecule has 1 heterocycles. The third-order valence-corrected chi connectivity index (χ3v) is 5.73. The largest absolute Gasteiger partial charge is 0.378 e. The van der Waals surface area contributed by atoms with Crippen LogP contribution in [0.15, 0.2) is 72.4 Å². The normalized spacial score (nSPS) is 13.7. The van der Waals surface area contributed by atoms with Crippen molar-refractivity contribution >= 4 is 46.1 Å². The molecule has 0 bridgehead atoms. The van der Waals surface area contributed by atoms with E-state index in [1.54, 1.807) is 36.4 Å². The number of aryl methyl sites for hydroxylation is 2. The average Bonchev–Trinajstić information content (AvgIpc) is 3.00. The highest BCUT2D eigenvalue weighted by molar-refractivity contribution is 6.46. The molecule has 5 nitrogen and oxygen atoms in total. The molecule has 0 fully saturated rings. The zero-order valence-electron chi connectivity index (χ0n) is 18.4. The van der Waals surface area contributed by atoms with Gasteiger partial charge in [-0.2, -0.15) is 0 Å². The summed E-state index contributed by atoms with van der Waals surface area (Å²) in [6.07, 6.45) is 0. The summed E-state index contributed by atoms with van der Waals surface area (Å²) in [5.74, 6) is -0.764. The molecule has 1 N–H and O–H groups in total. The number of hydrogen-bond donors (Lipinski definition) is 1. The molecule has 0 saturated carbocycles. The molecule has 0 spiro atoms. The standard InChI is InChI=1S/C26H24ClN3O2/c1-16-5-14-22(17(2)15-16)28-24-23(18-6-8-19(27)9-7-18)25(31)30(26(24)32)21-12-10-20(11-13-21)29(3)4/h5-15,28H,1-4H3. The minimum Gasteiger partial charge on any atom is -0.378 e. The number of hydrogen-bond acceptors (Lipinski definition) is 4. The highest BCUT2D eigenvalue weighted by Crippen LogP contribution is 2.35. The van der Waals surface area contributed by atoms with E-state index in [1.807, 2.05) is 63.2 Å². The molecule has 0 aromatic heterocycles. The van der Waals surface area contributed by atoms with Crippen molar-refractivity contribution in [3.8, 4) is 0 Å². The molecule has 0 atom stereocenters. The first-order valence-corrected chi connectivity index (χ1v) is 10.6. The molecule has 0 saturated heterocycles. The van der Waals surface area contributed by atoms with Gasteiger partial charge in [0.25, 0.3) is 11.8 Å². The van der Waals surface area contributed by atoms with Crippen LogP contribution in [-0.4, -0.2) is 25.9 Å². The third kappa shape index (κ3) is 3.99. The number of halogens is 1. The first-order chi connectivity index (χ1) is 15.3. The Labute approximate surface area is 192 Å². The molecule has 4 rings (SSSR count). The van der Waals surface area contributed by atoms with Crippen LogP contribution in [-0.2, 0) is 9.59 Å². The quantitative estimate of drug-likeness (QED) is 0.533. The van der Waals surface area contributed by atoms with Crippen LogP contribution in [0.3, 0.4) is 0 Å². The first kappa shape index (κ1) is 21.7. The SMILES string of the molecule is Cc1ccc(NC2=C(c3ccc(Cl)cc3)C(=O)N(c3ccc(N(C)C)cc3)C2=O)c(C)c1. The smallest absolute Gasteiger partial charge is 0.282 e. The van der Waals surface area contributed by atoms with Crippen LogP contribution >= 0.6 is 11.6 Å². The molecule has 2 amide bonds. The predicted octanol–water partition coefficient (Wildman–Crippen LogP) is 5.42. The maximum atomic E-state index is 13.5. The number of carbonyl (C=O) groups is 2. The van der Waals surface area contributed by atoms with Crippen molar-refractivity contribution < 1.29 is 9.59 Å². The molecule has 32 heavy (non-hydrogen) atoms. The number of amides is 2. The topological polar surface area (TPSA) is 52.7 Å². The van der Waals surface area contributed by atoms with Crippen molar-refractivity contribution in [2.45, 2.75) is 13.8 Å². The summed E-state index contributed by atoms with van der Waals surface area (Å²) >= 11 is 6.05. The van der Waals surface area contributed by atoms with Crippen molar-refractivity contribution in [3.63, 3.8) is 0 Å². The Balaban J connectivity index is 1.80. The number of carbonyl (C=O) groups excluding carboxylic acids is 2. The van der Waals surface area contributed by atoms with Crippen LogP contribution in [0.5, 0.6) is 0 Å². The summed E-state index contributed by atoms with van der Waals surface area (Å²) in [5.41, 5.74) is 5.60. The minimum absolute atomic E-state index is 0.251. The third-order valence-electron chi connectivity index (χ3n) is 5.48. The molecule has 6 heteroatoms. The van der Waals surface area contributed by atoms with E-state index in [0.717, 1.165) is 22.5 Å². The van der Waals surface area contributed by atoms with E-state index in [9.17, 15) is 9.59 Å². The number of imide groups is 1. The fraction of sp³-hybridized carbons (Fsp3) is 0.154. The summed E-state index contributed by atoms with van der Waals surface area (Å²) in [4.78, 5) is 30.2. The Hall–Kier alpha value is -3.57. The Bertz CT molecular complexity index is 1230. The van der Waals surface area contributed by atoms with Gasteiger partial charge in [0.2, 0.25) is 0 Å². The lowest BCUT2D eigenvalue weighted by molar-refractivity contribution is -0.120. The molecule has 3 aromatic rings. The zero-order chi connectivity index (χ0) is 23.0. The van der Waals surface area contributed by atoms with Crippen LogP contribution in [0.25, 0.3) is 5.57 Å². The molecule has 0 unspecified atom stereocenters. The molecule has 3 aromatic carbocycles. The van der Waals surface area contributed by atoms with E-state index in [-0.39, 0.29) is 11.6 Å². The van der Waals surface area contributed by atoms with Crippen LogP contribution in [0, 0.1) is 13.8 Å². The Morgan fingerprint density at radius 1 is 0.844 bits per heavy atom. The molecule has 0 aliphatic carbocycles. The van der Waals surface area contributed by atoms with Gasteiger partial charge in [0.1, 0.15) is 5.70 Å². The summed E-state index contributed by atoms with van der Waals surface area (Å²) in [7, 11) is 3.88. The minimum atomic E-state index is -0.391. The van der Waals surface area contributed by atoms with Crippen LogP contribution in [0.4, 0.5) is 17.1 Å². The van der Waals surface area contributed by atoms with Crippen molar-refractivity contribution in [2.75, 3.05) is 29.2 Å². The van der Waals surface area contributed by atoms with Gasteiger partial charge in [0, 0.05) is 30.5 Å². The number of nitrogens with one attached hydrogen (secondary N) is 1. The molecular formula is C26H24ClN3O2. The highest BCUT2D eigenvalue weighted by atomic mass is 35.5. The predicted molar refractivity (Wildman–Crippen MR) is 131 cm³/mol. The van der Waals surface area contributed by atoms with E-state index < -0.39 is 5.91 Å². The van der Waals surface area contributed by atoms with Gasteiger partial charge < -0.3 is 10.2 Å². The lowest BCUT2D eigenvalue weighted by Gasteiger charge is -2.18. The van der Waals surface area contributed by atoms with Gasteiger partial charge in [-0.05, 0) is 67.4 Å². The van der Waals surface area contributed by atoms with Crippen LogP contribution in [0.1, 0.15) is 16.7 Å². The molecule has 162 valence electrons. The van der Waals surface area contributed by atoms with Gasteiger partial charge >= 0.3 is 0 Å². The molecular weight excluding hydrogens is 422 g/mol. The van der Waals surface area contributed by atoms with E-state index in [1.165, 1.54) is 4.90 Å². The van der Waals surface area contributed by atoms with Crippen molar-refractivity contribution in [3.05, 3.63) is 94.1 Å².